The second-order valence-corrected chi connectivity index (χ2v) is 5.50. The Morgan fingerprint density at radius 1 is 1.39 bits per heavy atom. The molecule has 0 aliphatic rings. The molecule has 0 spiro atoms. The van der Waals surface area contributed by atoms with Crippen molar-refractivity contribution in [1.29, 1.82) is 0 Å². The van der Waals surface area contributed by atoms with Gasteiger partial charge in [-0.15, -0.1) is 0 Å². The Morgan fingerprint density at radius 2 is 2.00 bits per heavy atom. The molecule has 2 unspecified atom stereocenters. The van der Waals surface area contributed by atoms with Crippen LogP contribution in [0.2, 0.25) is 0 Å². The van der Waals surface area contributed by atoms with E-state index in [1.54, 1.807) is 12.1 Å². The number of benzene rings is 1. The molecule has 0 aromatic heterocycles. The first-order chi connectivity index (χ1) is 8.51. The summed E-state index contributed by atoms with van der Waals surface area (Å²) in [5, 5.41) is 20.3. The molecule has 2 atom stereocenters. The number of aliphatic hydroxyl groups is 2. The van der Waals surface area contributed by atoms with Gasteiger partial charge in [-0.05, 0) is 19.1 Å². The van der Waals surface area contributed by atoms with Crippen LogP contribution in [0.1, 0.15) is 5.56 Å². The van der Waals surface area contributed by atoms with Crippen LogP contribution in [0.3, 0.4) is 0 Å². The maximum atomic E-state index is 11.5. The highest BCUT2D eigenvalue weighted by molar-refractivity contribution is 7.85. The van der Waals surface area contributed by atoms with Crippen LogP contribution in [0.4, 0.5) is 5.69 Å². The SMILES string of the molecule is Cc1ccc(NC(=O)CS(=O)CC(O)CO)cc1. The average molecular weight is 271 g/mol. The fourth-order valence-electron chi connectivity index (χ4n) is 1.31. The van der Waals surface area contributed by atoms with Crippen molar-refractivity contribution >= 4 is 22.4 Å². The number of hydrogen-bond acceptors (Lipinski definition) is 4. The van der Waals surface area contributed by atoms with Crippen molar-refractivity contribution in [2.45, 2.75) is 13.0 Å². The van der Waals surface area contributed by atoms with Crippen molar-refractivity contribution in [3.8, 4) is 0 Å². The van der Waals surface area contributed by atoms with Gasteiger partial charge < -0.3 is 15.5 Å². The summed E-state index contributed by atoms with van der Waals surface area (Å²) in [4.78, 5) is 11.5. The topological polar surface area (TPSA) is 86.6 Å². The number of carbonyl (C=O) groups excluding carboxylic acids is 1. The standard InChI is InChI=1S/C12H17NO4S/c1-9-2-4-10(5-3-9)13-12(16)8-18(17)7-11(15)6-14/h2-5,11,14-15H,6-8H2,1H3,(H,13,16). The minimum absolute atomic E-state index is 0.0994. The normalized spacial score (nSPS) is 13.9. The number of aliphatic hydroxyl groups excluding tert-OH is 2. The van der Waals surface area contributed by atoms with Gasteiger partial charge >= 0.3 is 0 Å². The number of rotatable bonds is 6. The van der Waals surface area contributed by atoms with E-state index in [0.29, 0.717) is 5.69 Å². The Balaban J connectivity index is 2.42. The molecule has 6 heteroatoms. The molecule has 100 valence electrons. The number of aryl methyl sites for hydroxylation is 1. The molecule has 0 fully saturated rings. The zero-order valence-corrected chi connectivity index (χ0v) is 10.9. The summed E-state index contributed by atoms with van der Waals surface area (Å²) in [6, 6.07) is 7.25. The summed E-state index contributed by atoms with van der Waals surface area (Å²) >= 11 is 0. The third-order valence-electron chi connectivity index (χ3n) is 2.22. The predicted octanol–water partition coefficient (Wildman–Crippen LogP) is 0.0354. The van der Waals surface area contributed by atoms with Gasteiger partial charge in [-0.2, -0.15) is 0 Å². The average Bonchev–Trinajstić information content (AvgIpc) is 2.31. The Morgan fingerprint density at radius 3 is 2.56 bits per heavy atom. The minimum atomic E-state index is -1.48. The summed E-state index contributed by atoms with van der Waals surface area (Å²) in [5.74, 6) is -0.662. The second kappa shape index (κ2) is 7.25. The Labute approximate surface area is 108 Å². The van der Waals surface area contributed by atoms with E-state index in [-0.39, 0.29) is 17.4 Å². The molecule has 3 N–H and O–H groups in total. The van der Waals surface area contributed by atoms with E-state index in [2.05, 4.69) is 5.32 Å². The molecule has 0 aliphatic heterocycles. The lowest BCUT2D eigenvalue weighted by molar-refractivity contribution is -0.113. The van der Waals surface area contributed by atoms with E-state index in [9.17, 15) is 9.00 Å². The summed E-state index contributed by atoms with van der Waals surface area (Å²) < 4.78 is 11.4. The van der Waals surface area contributed by atoms with E-state index in [4.69, 9.17) is 10.2 Å². The van der Waals surface area contributed by atoms with Gasteiger partial charge in [0.25, 0.3) is 0 Å². The van der Waals surface area contributed by atoms with Crippen LogP contribution in [0, 0.1) is 6.92 Å². The Kier molecular flexibility index (Phi) is 5.97. The zero-order valence-electron chi connectivity index (χ0n) is 10.1. The molecular weight excluding hydrogens is 254 g/mol. The van der Waals surface area contributed by atoms with Gasteiger partial charge in [0.2, 0.25) is 5.91 Å². The van der Waals surface area contributed by atoms with E-state index in [1.165, 1.54) is 0 Å². The molecule has 1 rings (SSSR count). The Bertz CT molecular complexity index is 419. The Hall–Kier alpha value is -1.24. The zero-order chi connectivity index (χ0) is 13.5. The number of hydrogen-bond donors (Lipinski definition) is 3. The van der Waals surface area contributed by atoms with Crippen molar-refractivity contribution in [3.05, 3.63) is 29.8 Å². The number of amides is 1. The molecular formula is C12H17NO4S. The lowest BCUT2D eigenvalue weighted by Crippen LogP contribution is -2.27. The van der Waals surface area contributed by atoms with Gasteiger partial charge in [-0.3, -0.25) is 9.00 Å². The highest BCUT2D eigenvalue weighted by Crippen LogP contribution is 2.08. The molecule has 0 bridgehead atoms. The summed E-state index contributed by atoms with van der Waals surface area (Å²) in [7, 11) is -1.48. The largest absolute Gasteiger partial charge is 0.394 e. The van der Waals surface area contributed by atoms with Crippen LogP contribution in [-0.4, -0.2) is 44.5 Å². The quantitative estimate of drug-likeness (QED) is 0.681. The first kappa shape index (κ1) is 14.8. The van der Waals surface area contributed by atoms with Crippen LogP contribution in [0.5, 0.6) is 0 Å². The van der Waals surface area contributed by atoms with Crippen molar-refractivity contribution in [1.82, 2.24) is 0 Å². The predicted molar refractivity (Wildman–Crippen MR) is 70.8 cm³/mol. The molecule has 0 aliphatic carbocycles. The van der Waals surface area contributed by atoms with Crippen LogP contribution < -0.4 is 5.32 Å². The molecule has 18 heavy (non-hydrogen) atoms. The highest BCUT2D eigenvalue weighted by Gasteiger charge is 2.12. The summed E-state index contributed by atoms with van der Waals surface area (Å²) in [6.07, 6.45) is -1.04. The van der Waals surface area contributed by atoms with Crippen molar-refractivity contribution in [2.24, 2.45) is 0 Å². The molecule has 1 amide bonds. The molecule has 0 radical (unpaired) electrons. The van der Waals surface area contributed by atoms with Crippen LogP contribution in [0.25, 0.3) is 0 Å². The molecule has 1 aromatic carbocycles. The second-order valence-electron chi connectivity index (χ2n) is 4.00. The van der Waals surface area contributed by atoms with Crippen molar-refractivity contribution in [2.75, 3.05) is 23.4 Å². The summed E-state index contributed by atoms with van der Waals surface area (Å²) in [6.45, 7) is 1.49. The highest BCUT2D eigenvalue weighted by atomic mass is 32.2. The van der Waals surface area contributed by atoms with Gasteiger partial charge in [0.1, 0.15) is 5.75 Å². The molecule has 0 saturated carbocycles. The molecule has 0 heterocycles. The molecule has 0 saturated heterocycles. The molecule has 5 nitrogen and oxygen atoms in total. The van der Waals surface area contributed by atoms with E-state index < -0.39 is 23.5 Å². The maximum absolute atomic E-state index is 11.5. The summed E-state index contributed by atoms with van der Waals surface area (Å²) in [5.41, 5.74) is 1.73. The number of carbonyl (C=O) groups is 1. The lowest BCUT2D eigenvalue weighted by atomic mass is 10.2. The van der Waals surface area contributed by atoms with Gasteiger partial charge in [-0.25, -0.2) is 0 Å². The monoisotopic (exact) mass is 271 g/mol. The van der Waals surface area contributed by atoms with Crippen LogP contribution >= 0.6 is 0 Å². The lowest BCUT2D eigenvalue weighted by Gasteiger charge is -2.08. The van der Waals surface area contributed by atoms with Crippen LogP contribution in [-0.2, 0) is 15.6 Å². The molecule has 1 aromatic rings. The third kappa shape index (κ3) is 5.39. The van der Waals surface area contributed by atoms with Gasteiger partial charge in [0.05, 0.1) is 18.5 Å². The van der Waals surface area contributed by atoms with E-state index >= 15 is 0 Å². The minimum Gasteiger partial charge on any atom is -0.394 e. The van der Waals surface area contributed by atoms with E-state index in [0.717, 1.165) is 5.56 Å². The fourth-order valence-corrected chi connectivity index (χ4v) is 2.32. The number of anilines is 1. The van der Waals surface area contributed by atoms with Gasteiger partial charge in [0.15, 0.2) is 0 Å². The van der Waals surface area contributed by atoms with Crippen LogP contribution in [0.15, 0.2) is 24.3 Å². The smallest absolute Gasteiger partial charge is 0.236 e. The third-order valence-corrected chi connectivity index (χ3v) is 3.56. The fraction of sp³-hybridized carbons (Fsp3) is 0.417. The van der Waals surface area contributed by atoms with Crippen molar-refractivity contribution in [3.63, 3.8) is 0 Å². The van der Waals surface area contributed by atoms with E-state index in [1.807, 2.05) is 19.1 Å². The van der Waals surface area contributed by atoms with Gasteiger partial charge in [-0.1, -0.05) is 17.7 Å². The first-order valence-corrected chi connectivity index (χ1v) is 7.00. The maximum Gasteiger partial charge on any atom is 0.236 e. The van der Waals surface area contributed by atoms with Crippen molar-refractivity contribution < 1.29 is 19.2 Å². The first-order valence-electron chi connectivity index (χ1n) is 5.51. The van der Waals surface area contributed by atoms with Gasteiger partial charge in [0, 0.05) is 16.5 Å². The number of nitrogens with one attached hydrogen (secondary N) is 1.